The molecule has 0 spiro atoms. The van der Waals surface area contributed by atoms with Crippen molar-refractivity contribution in [2.75, 3.05) is 18.1 Å². The molecule has 1 aliphatic rings. The fraction of sp³-hybridized carbons (Fsp3) is 0.500. The van der Waals surface area contributed by atoms with E-state index < -0.39 is 0 Å². The molecule has 0 amide bonds. The third-order valence-electron chi connectivity index (χ3n) is 3.27. The third-order valence-corrected chi connectivity index (χ3v) is 3.27. The van der Waals surface area contributed by atoms with Crippen molar-refractivity contribution in [3.63, 3.8) is 0 Å². The number of esters is 1. The highest BCUT2D eigenvalue weighted by Crippen LogP contribution is 2.28. The van der Waals surface area contributed by atoms with E-state index in [2.05, 4.69) is 4.90 Å². The molecule has 98 valence electrons. The summed E-state index contributed by atoms with van der Waals surface area (Å²) in [7, 11) is 0. The van der Waals surface area contributed by atoms with E-state index in [9.17, 15) is 9.90 Å². The Bertz CT molecular complexity index is 402. The largest absolute Gasteiger partial charge is 0.508 e. The van der Waals surface area contributed by atoms with Gasteiger partial charge in [0.2, 0.25) is 0 Å². The van der Waals surface area contributed by atoms with Gasteiger partial charge in [-0.25, -0.2) is 0 Å². The quantitative estimate of drug-likeness (QED) is 0.832. The van der Waals surface area contributed by atoms with E-state index in [1.54, 1.807) is 12.1 Å². The molecule has 1 heterocycles. The lowest BCUT2D eigenvalue weighted by atomic mass is 10.1. The summed E-state index contributed by atoms with van der Waals surface area (Å²) in [5, 5.41) is 9.29. The lowest BCUT2D eigenvalue weighted by Crippen LogP contribution is -2.31. The van der Waals surface area contributed by atoms with Gasteiger partial charge in [-0.2, -0.15) is 0 Å². The topological polar surface area (TPSA) is 49.8 Å². The lowest BCUT2D eigenvalue weighted by Gasteiger charge is -2.26. The van der Waals surface area contributed by atoms with E-state index in [0.29, 0.717) is 13.0 Å². The predicted octanol–water partition coefficient (Wildman–Crippen LogP) is 2.31. The van der Waals surface area contributed by atoms with Crippen LogP contribution < -0.4 is 4.90 Å². The normalized spacial score (nSPS) is 18.9. The molecule has 1 unspecified atom stereocenters. The first kappa shape index (κ1) is 12.7. The highest BCUT2D eigenvalue weighted by molar-refractivity contribution is 5.71. The Morgan fingerprint density at radius 2 is 2.17 bits per heavy atom. The number of carbonyl (C=O) groups excluding carboxylic acids is 1. The van der Waals surface area contributed by atoms with Crippen molar-refractivity contribution in [3.05, 3.63) is 24.3 Å². The van der Waals surface area contributed by atoms with Crippen LogP contribution >= 0.6 is 0 Å². The fourth-order valence-corrected chi connectivity index (χ4v) is 2.44. The predicted molar refractivity (Wildman–Crippen MR) is 69.7 cm³/mol. The maximum absolute atomic E-state index is 11.5. The lowest BCUT2D eigenvalue weighted by molar-refractivity contribution is -0.143. The maximum Gasteiger partial charge on any atom is 0.307 e. The molecule has 1 atom stereocenters. The van der Waals surface area contributed by atoms with Gasteiger partial charge in [0.25, 0.3) is 0 Å². The summed E-state index contributed by atoms with van der Waals surface area (Å²) in [5.74, 6) is 0.132. The van der Waals surface area contributed by atoms with Crippen molar-refractivity contribution in [1.82, 2.24) is 0 Å². The van der Waals surface area contributed by atoms with Crippen LogP contribution in [0.3, 0.4) is 0 Å². The van der Waals surface area contributed by atoms with Crippen molar-refractivity contribution in [2.45, 2.75) is 32.2 Å². The van der Waals surface area contributed by atoms with Gasteiger partial charge in [0.1, 0.15) is 5.75 Å². The number of phenols is 1. The van der Waals surface area contributed by atoms with Crippen molar-refractivity contribution in [3.8, 4) is 5.75 Å². The summed E-state index contributed by atoms with van der Waals surface area (Å²) in [6.07, 6.45) is 2.54. The van der Waals surface area contributed by atoms with E-state index in [-0.39, 0.29) is 17.8 Å². The second-order valence-electron chi connectivity index (χ2n) is 4.51. The molecule has 2 rings (SSSR count). The summed E-state index contributed by atoms with van der Waals surface area (Å²) in [5.41, 5.74) is 1.06. The number of hydrogen-bond acceptors (Lipinski definition) is 4. The Hall–Kier alpha value is -1.71. The Balaban J connectivity index is 2.03. The smallest absolute Gasteiger partial charge is 0.307 e. The molecule has 18 heavy (non-hydrogen) atoms. The number of benzene rings is 1. The molecule has 0 aliphatic carbocycles. The van der Waals surface area contributed by atoms with Crippen LogP contribution in [0.15, 0.2) is 24.3 Å². The Morgan fingerprint density at radius 1 is 1.44 bits per heavy atom. The van der Waals surface area contributed by atoms with Crippen LogP contribution in [-0.2, 0) is 9.53 Å². The van der Waals surface area contributed by atoms with E-state index in [4.69, 9.17) is 4.74 Å². The maximum atomic E-state index is 11.5. The second kappa shape index (κ2) is 5.76. The molecular weight excluding hydrogens is 230 g/mol. The number of aromatic hydroxyl groups is 1. The van der Waals surface area contributed by atoms with Crippen LogP contribution in [0.1, 0.15) is 26.2 Å². The SMILES string of the molecule is CCOC(=O)CC1CCCN1c1ccc(O)cc1. The number of hydrogen-bond donors (Lipinski definition) is 1. The van der Waals surface area contributed by atoms with Crippen LogP contribution in [-0.4, -0.2) is 30.3 Å². The van der Waals surface area contributed by atoms with Gasteiger partial charge < -0.3 is 14.7 Å². The van der Waals surface area contributed by atoms with Crippen LogP contribution in [0.4, 0.5) is 5.69 Å². The third kappa shape index (κ3) is 2.94. The summed E-state index contributed by atoms with van der Waals surface area (Å²) in [4.78, 5) is 13.8. The molecule has 1 fully saturated rings. The molecule has 1 aromatic carbocycles. The molecule has 1 N–H and O–H groups in total. The van der Waals surface area contributed by atoms with E-state index in [1.807, 2.05) is 19.1 Å². The molecule has 4 nitrogen and oxygen atoms in total. The molecule has 1 aliphatic heterocycles. The highest BCUT2D eigenvalue weighted by Gasteiger charge is 2.27. The van der Waals surface area contributed by atoms with Crippen molar-refractivity contribution in [1.29, 1.82) is 0 Å². The zero-order valence-electron chi connectivity index (χ0n) is 10.6. The molecular formula is C14H19NO3. The van der Waals surface area contributed by atoms with Gasteiger partial charge in [-0.15, -0.1) is 0 Å². The van der Waals surface area contributed by atoms with E-state index in [1.165, 1.54) is 0 Å². The number of rotatable bonds is 4. The zero-order chi connectivity index (χ0) is 13.0. The van der Waals surface area contributed by atoms with Gasteiger partial charge in [0.05, 0.1) is 13.0 Å². The standard InChI is InChI=1S/C14H19NO3/c1-2-18-14(17)10-12-4-3-9-15(12)11-5-7-13(16)8-6-11/h5-8,12,16H,2-4,9-10H2,1H3. The number of phenolic OH excluding ortho intramolecular Hbond substituents is 1. The van der Waals surface area contributed by atoms with Gasteiger partial charge in [-0.05, 0) is 44.0 Å². The molecule has 4 heteroatoms. The van der Waals surface area contributed by atoms with Crippen LogP contribution in [0, 0.1) is 0 Å². The van der Waals surface area contributed by atoms with E-state index >= 15 is 0 Å². The van der Waals surface area contributed by atoms with Crippen molar-refractivity contribution < 1.29 is 14.6 Å². The summed E-state index contributed by atoms with van der Waals surface area (Å²) >= 11 is 0. The fourth-order valence-electron chi connectivity index (χ4n) is 2.44. The number of anilines is 1. The molecule has 0 radical (unpaired) electrons. The number of nitrogens with zero attached hydrogens (tertiary/aromatic N) is 1. The Labute approximate surface area is 107 Å². The molecule has 0 saturated carbocycles. The summed E-state index contributed by atoms with van der Waals surface area (Å²) in [6.45, 7) is 3.21. The minimum Gasteiger partial charge on any atom is -0.508 e. The van der Waals surface area contributed by atoms with Crippen molar-refractivity contribution in [2.24, 2.45) is 0 Å². The minimum atomic E-state index is -0.131. The Kier molecular flexibility index (Phi) is 4.07. The monoisotopic (exact) mass is 249 g/mol. The second-order valence-corrected chi connectivity index (χ2v) is 4.51. The molecule has 0 bridgehead atoms. The summed E-state index contributed by atoms with van der Waals surface area (Å²) < 4.78 is 5.00. The minimum absolute atomic E-state index is 0.131. The first-order valence-corrected chi connectivity index (χ1v) is 6.42. The van der Waals surface area contributed by atoms with Gasteiger partial charge in [-0.1, -0.05) is 0 Å². The zero-order valence-corrected chi connectivity index (χ0v) is 10.6. The van der Waals surface area contributed by atoms with Gasteiger partial charge in [0, 0.05) is 18.3 Å². The Morgan fingerprint density at radius 3 is 2.83 bits per heavy atom. The first-order valence-electron chi connectivity index (χ1n) is 6.42. The van der Waals surface area contributed by atoms with Gasteiger partial charge in [0.15, 0.2) is 0 Å². The van der Waals surface area contributed by atoms with Crippen molar-refractivity contribution >= 4 is 11.7 Å². The van der Waals surface area contributed by atoms with Crippen LogP contribution in [0.25, 0.3) is 0 Å². The van der Waals surface area contributed by atoms with E-state index in [0.717, 1.165) is 25.1 Å². The van der Waals surface area contributed by atoms with Crippen LogP contribution in [0.2, 0.25) is 0 Å². The molecule has 1 aromatic rings. The molecule has 1 saturated heterocycles. The number of carbonyl (C=O) groups is 1. The average molecular weight is 249 g/mol. The van der Waals surface area contributed by atoms with Gasteiger partial charge in [-0.3, -0.25) is 4.79 Å². The number of ether oxygens (including phenoxy) is 1. The first-order chi connectivity index (χ1) is 8.70. The summed E-state index contributed by atoms with van der Waals surface area (Å²) in [6, 6.07) is 7.34. The average Bonchev–Trinajstić information content (AvgIpc) is 2.78. The van der Waals surface area contributed by atoms with Gasteiger partial charge >= 0.3 is 5.97 Å². The molecule has 0 aromatic heterocycles. The highest BCUT2D eigenvalue weighted by atomic mass is 16.5. The van der Waals surface area contributed by atoms with Crippen LogP contribution in [0.5, 0.6) is 5.75 Å².